The molecule has 3 aromatic rings. The van der Waals surface area contributed by atoms with Gasteiger partial charge in [-0.1, -0.05) is 24.6 Å². The smallest absolute Gasteiger partial charge is 0.262 e. The molecule has 1 heterocycles. The van der Waals surface area contributed by atoms with Gasteiger partial charge < -0.3 is 14.6 Å². The summed E-state index contributed by atoms with van der Waals surface area (Å²) in [5.41, 5.74) is 3.02. The number of ether oxygens (including phenoxy) is 1. The van der Waals surface area contributed by atoms with Gasteiger partial charge in [-0.15, -0.1) is 0 Å². The minimum Gasteiger partial charge on any atom is -0.492 e. The predicted molar refractivity (Wildman–Crippen MR) is 131 cm³/mol. The van der Waals surface area contributed by atoms with Gasteiger partial charge >= 0.3 is 0 Å². The number of nitrogens with one attached hydrogen (secondary N) is 1. The molecule has 3 rings (SSSR count). The lowest BCUT2D eigenvalue weighted by Crippen LogP contribution is -2.30. The van der Waals surface area contributed by atoms with E-state index in [0.717, 1.165) is 41.7 Å². The van der Waals surface area contributed by atoms with Crippen LogP contribution >= 0.6 is 12.2 Å². The molecule has 0 unspecified atom stereocenters. The summed E-state index contributed by atoms with van der Waals surface area (Å²) in [4.78, 5) is 29.9. The molecule has 0 fully saturated rings. The molecule has 1 amide bonds. The second-order valence-corrected chi connectivity index (χ2v) is 8.62. The Bertz CT molecular complexity index is 1180. The van der Waals surface area contributed by atoms with Gasteiger partial charge in [0.05, 0.1) is 17.4 Å². The van der Waals surface area contributed by atoms with Gasteiger partial charge in [0.2, 0.25) is 5.91 Å². The molecule has 0 atom stereocenters. The number of aromatic amines is 1. The molecule has 0 saturated heterocycles. The molecule has 1 N–H and O–H groups in total. The summed E-state index contributed by atoms with van der Waals surface area (Å²) in [6.45, 7) is 5.65. The molecular weight excluding hydrogens is 422 g/mol. The Morgan fingerprint density at radius 2 is 1.81 bits per heavy atom. The lowest BCUT2D eigenvalue weighted by molar-refractivity contribution is -0.130. The van der Waals surface area contributed by atoms with Crippen LogP contribution in [-0.2, 0) is 11.3 Å². The lowest BCUT2D eigenvalue weighted by atomic mass is 10.1. The van der Waals surface area contributed by atoms with E-state index in [9.17, 15) is 9.59 Å². The Morgan fingerprint density at radius 3 is 2.56 bits per heavy atom. The van der Waals surface area contributed by atoms with E-state index in [4.69, 9.17) is 17.0 Å². The van der Waals surface area contributed by atoms with E-state index in [-0.39, 0.29) is 11.5 Å². The van der Waals surface area contributed by atoms with Crippen LogP contribution in [0, 0.1) is 18.6 Å². The van der Waals surface area contributed by atoms with Crippen LogP contribution in [-0.4, -0.2) is 40.6 Å². The number of fused-ring (bicyclic) bond motifs is 1. The molecule has 6 nitrogen and oxygen atoms in total. The first-order valence-corrected chi connectivity index (χ1v) is 11.4. The Kier molecular flexibility index (Phi) is 8.22. The van der Waals surface area contributed by atoms with E-state index in [1.807, 2.05) is 44.2 Å². The number of aryl methyl sites for hydroxylation is 2. The van der Waals surface area contributed by atoms with Crippen molar-refractivity contribution < 1.29 is 9.53 Å². The van der Waals surface area contributed by atoms with Crippen LogP contribution in [0.1, 0.15) is 36.8 Å². The summed E-state index contributed by atoms with van der Waals surface area (Å²) in [6, 6.07) is 13.5. The highest BCUT2D eigenvalue weighted by Crippen LogP contribution is 2.16. The van der Waals surface area contributed by atoms with Crippen molar-refractivity contribution in [3.8, 4) is 5.75 Å². The first-order valence-electron chi connectivity index (χ1n) is 11.0. The monoisotopic (exact) mass is 453 g/mol. The standard InChI is InChI=1S/C25H31N3O3S/c1-18-15-19(2)17-20(16-18)31-14-13-27(3)23(29)11-5-4-8-12-28-24(30)21-9-6-7-10-22(21)26-25(28)32/h6-7,9-10,15-17H,4-5,8,11-14H2,1-3H3,(H,26,32). The van der Waals surface area contributed by atoms with E-state index in [1.165, 1.54) is 0 Å². The fourth-order valence-corrected chi connectivity index (χ4v) is 4.04. The molecule has 0 aliphatic carbocycles. The topological polar surface area (TPSA) is 67.3 Å². The predicted octanol–water partition coefficient (Wildman–Crippen LogP) is 4.77. The fourth-order valence-electron chi connectivity index (χ4n) is 3.76. The van der Waals surface area contributed by atoms with Gasteiger partial charge in [-0.25, -0.2) is 0 Å². The zero-order valence-corrected chi connectivity index (χ0v) is 19.8. The third kappa shape index (κ3) is 6.29. The average Bonchev–Trinajstić information content (AvgIpc) is 2.74. The average molecular weight is 454 g/mol. The van der Waals surface area contributed by atoms with Crippen LogP contribution in [0.15, 0.2) is 47.3 Å². The number of aromatic nitrogens is 2. The van der Waals surface area contributed by atoms with Gasteiger partial charge in [0.1, 0.15) is 12.4 Å². The van der Waals surface area contributed by atoms with Crippen molar-refractivity contribution in [1.29, 1.82) is 0 Å². The third-order valence-electron chi connectivity index (χ3n) is 5.48. The first kappa shape index (κ1) is 23.7. The lowest BCUT2D eigenvalue weighted by Gasteiger charge is -2.18. The van der Waals surface area contributed by atoms with Crippen LogP contribution in [0.4, 0.5) is 0 Å². The van der Waals surface area contributed by atoms with Gasteiger partial charge in [0.15, 0.2) is 4.77 Å². The summed E-state index contributed by atoms with van der Waals surface area (Å²) in [5, 5.41) is 0.640. The molecule has 0 radical (unpaired) electrons. The van der Waals surface area contributed by atoms with Gasteiger partial charge in [0, 0.05) is 20.0 Å². The second kappa shape index (κ2) is 11.1. The van der Waals surface area contributed by atoms with E-state index in [1.54, 1.807) is 22.6 Å². The van der Waals surface area contributed by atoms with Crippen molar-refractivity contribution in [1.82, 2.24) is 14.5 Å². The van der Waals surface area contributed by atoms with Crippen LogP contribution in [0.3, 0.4) is 0 Å². The number of amides is 1. The highest BCUT2D eigenvalue weighted by Gasteiger charge is 2.09. The Hall–Kier alpha value is -2.93. The van der Waals surface area contributed by atoms with E-state index in [0.29, 0.717) is 36.3 Å². The number of nitrogens with zero attached hydrogens (tertiary/aromatic N) is 2. The maximum Gasteiger partial charge on any atom is 0.262 e. The van der Waals surface area contributed by atoms with Crippen LogP contribution in [0.2, 0.25) is 0 Å². The number of carbonyl (C=O) groups excluding carboxylic acids is 1. The molecule has 0 aliphatic rings. The highest BCUT2D eigenvalue weighted by atomic mass is 32.1. The summed E-state index contributed by atoms with van der Waals surface area (Å²) in [5.74, 6) is 0.944. The van der Waals surface area contributed by atoms with E-state index < -0.39 is 0 Å². The minimum absolute atomic E-state index is 0.0658. The number of unbranched alkanes of at least 4 members (excludes halogenated alkanes) is 2. The van der Waals surface area contributed by atoms with Gasteiger partial charge in [0.25, 0.3) is 5.56 Å². The van der Waals surface area contributed by atoms with Gasteiger partial charge in [-0.2, -0.15) is 0 Å². The molecule has 32 heavy (non-hydrogen) atoms. The first-order chi connectivity index (χ1) is 15.3. The van der Waals surface area contributed by atoms with Gasteiger partial charge in [-0.3, -0.25) is 14.2 Å². The molecule has 0 bridgehead atoms. The normalized spacial score (nSPS) is 11.0. The van der Waals surface area contributed by atoms with Crippen molar-refractivity contribution in [2.45, 2.75) is 46.1 Å². The molecule has 170 valence electrons. The summed E-state index contributed by atoms with van der Waals surface area (Å²) in [6.07, 6.45) is 2.91. The Morgan fingerprint density at radius 1 is 1.09 bits per heavy atom. The van der Waals surface area contributed by atoms with Crippen molar-refractivity contribution in [3.63, 3.8) is 0 Å². The van der Waals surface area contributed by atoms with Gasteiger partial charge in [-0.05, 0) is 74.3 Å². The molecule has 1 aromatic heterocycles. The zero-order chi connectivity index (χ0) is 23.1. The number of carbonyl (C=O) groups is 1. The molecule has 7 heteroatoms. The molecular formula is C25H31N3O3S. The SMILES string of the molecule is Cc1cc(C)cc(OCCN(C)C(=O)CCCCCn2c(=S)[nH]c3ccccc3c2=O)c1. The number of para-hydroxylation sites is 1. The summed E-state index contributed by atoms with van der Waals surface area (Å²) in [7, 11) is 1.81. The Labute approximate surface area is 193 Å². The summed E-state index contributed by atoms with van der Waals surface area (Å²) < 4.78 is 7.84. The third-order valence-corrected chi connectivity index (χ3v) is 5.80. The highest BCUT2D eigenvalue weighted by molar-refractivity contribution is 7.71. The van der Waals surface area contributed by atoms with E-state index in [2.05, 4.69) is 11.1 Å². The number of hydrogen-bond donors (Lipinski definition) is 1. The Balaban J connectivity index is 1.39. The van der Waals surface area contributed by atoms with Crippen LogP contribution < -0.4 is 10.3 Å². The van der Waals surface area contributed by atoms with Crippen molar-refractivity contribution in [3.05, 3.63) is 68.7 Å². The summed E-state index contributed by atoms with van der Waals surface area (Å²) >= 11 is 5.35. The number of likely N-dealkylation sites (N-methyl/N-ethyl adjacent to an activating group) is 1. The second-order valence-electron chi connectivity index (χ2n) is 8.23. The number of benzene rings is 2. The van der Waals surface area contributed by atoms with Crippen molar-refractivity contribution in [2.75, 3.05) is 20.2 Å². The number of hydrogen-bond acceptors (Lipinski definition) is 4. The van der Waals surface area contributed by atoms with Crippen LogP contribution in [0.5, 0.6) is 5.75 Å². The maximum absolute atomic E-state index is 12.7. The number of rotatable bonds is 10. The van der Waals surface area contributed by atoms with Crippen molar-refractivity contribution >= 4 is 29.0 Å². The fraction of sp³-hybridized carbons (Fsp3) is 0.400. The molecule has 2 aromatic carbocycles. The van der Waals surface area contributed by atoms with Crippen LogP contribution in [0.25, 0.3) is 10.9 Å². The largest absolute Gasteiger partial charge is 0.492 e. The molecule has 0 spiro atoms. The maximum atomic E-state index is 12.7. The zero-order valence-electron chi connectivity index (χ0n) is 19.0. The molecule has 0 aliphatic heterocycles. The molecule has 0 saturated carbocycles. The quantitative estimate of drug-likeness (QED) is 0.355. The minimum atomic E-state index is -0.0658. The number of H-pyrrole nitrogens is 1. The van der Waals surface area contributed by atoms with Crippen molar-refractivity contribution in [2.24, 2.45) is 0 Å². The van der Waals surface area contributed by atoms with E-state index >= 15 is 0 Å².